The Morgan fingerprint density at radius 1 is 1.11 bits per heavy atom. The minimum atomic E-state index is -0.290. The van der Waals surface area contributed by atoms with E-state index in [1.54, 1.807) is 40.9 Å². The zero-order valence-corrected chi connectivity index (χ0v) is 15.7. The van der Waals surface area contributed by atoms with Gasteiger partial charge in [-0.3, -0.25) is 9.47 Å². The molecular formula is C20H21FN4OS. The van der Waals surface area contributed by atoms with Crippen molar-refractivity contribution in [2.24, 2.45) is 0 Å². The van der Waals surface area contributed by atoms with Gasteiger partial charge in [0.2, 0.25) is 0 Å². The summed E-state index contributed by atoms with van der Waals surface area (Å²) in [7, 11) is 0. The molecule has 2 heterocycles. The Kier molecular flexibility index (Phi) is 5.81. The summed E-state index contributed by atoms with van der Waals surface area (Å²) in [6.45, 7) is 3.45. The Morgan fingerprint density at radius 3 is 2.78 bits per heavy atom. The maximum absolute atomic E-state index is 14.1. The lowest BCUT2D eigenvalue weighted by Gasteiger charge is -2.32. The monoisotopic (exact) mass is 384 g/mol. The van der Waals surface area contributed by atoms with Gasteiger partial charge in [-0.25, -0.2) is 4.39 Å². The lowest BCUT2D eigenvalue weighted by molar-refractivity contribution is -0.0187. The molecule has 4 rings (SSSR count). The average Bonchev–Trinajstić information content (AvgIpc) is 3.16. The first-order chi connectivity index (χ1) is 13.3. The van der Waals surface area contributed by atoms with Gasteiger partial charge >= 0.3 is 0 Å². The van der Waals surface area contributed by atoms with Crippen LogP contribution in [-0.2, 0) is 11.3 Å². The highest BCUT2D eigenvalue weighted by molar-refractivity contribution is 7.99. The van der Waals surface area contributed by atoms with Gasteiger partial charge in [0, 0.05) is 25.4 Å². The fraction of sp³-hybridized carbons (Fsp3) is 0.300. The third-order valence-electron chi connectivity index (χ3n) is 4.50. The van der Waals surface area contributed by atoms with Crippen LogP contribution in [0.15, 0.2) is 66.1 Å². The number of hydrogen-bond donors (Lipinski definition) is 0. The Morgan fingerprint density at radius 2 is 1.93 bits per heavy atom. The van der Waals surface area contributed by atoms with Gasteiger partial charge < -0.3 is 4.74 Å². The topological polar surface area (TPSA) is 43.2 Å². The molecule has 0 unspecified atom stereocenters. The Bertz CT molecular complexity index is 873. The number of halogens is 1. The van der Waals surface area contributed by atoms with Crippen LogP contribution in [0.3, 0.4) is 0 Å². The van der Waals surface area contributed by atoms with Gasteiger partial charge in [0.25, 0.3) is 0 Å². The van der Waals surface area contributed by atoms with Crippen molar-refractivity contribution in [1.29, 1.82) is 0 Å². The van der Waals surface area contributed by atoms with Crippen LogP contribution in [0.2, 0.25) is 0 Å². The van der Waals surface area contributed by atoms with Crippen molar-refractivity contribution >= 4 is 11.8 Å². The summed E-state index contributed by atoms with van der Waals surface area (Å²) in [5.74, 6) is 0.459. The number of aromatic nitrogens is 3. The van der Waals surface area contributed by atoms with Crippen molar-refractivity contribution in [3.05, 3.63) is 72.3 Å². The van der Waals surface area contributed by atoms with Gasteiger partial charge in [0.1, 0.15) is 12.1 Å². The van der Waals surface area contributed by atoms with E-state index in [0.29, 0.717) is 10.8 Å². The number of para-hydroxylation sites is 1. The van der Waals surface area contributed by atoms with Crippen molar-refractivity contribution in [2.75, 3.05) is 25.4 Å². The maximum atomic E-state index is 14.1. The fourth-order valence-electron chi connectivity index (χ4n) is 3.17. The van der Waals surface area contributed by atoms with E-state index in [0.717, 1.165) is 32.0 Å². The molecule has 140 valence electrons. The largest absolute Gasteiger partial charge is 0.375 e. The van der Waals surface area contributed by atoms with Crippen LogP contribution >= 0.6 is 11.8 Å². The number of thioether (sulfide) groups is 1. The summed E-state index contributed by atoms with van der Waals surface area (Å²) in [6, 6.07) is 17.1. The van der Waals surface area contributed by atoms with E-state index in [9.17, 15) is 4.39 Å². The first kappa shape index (κ1) is 18.2. The smallest absolute Gasteiger partial charge is 0.195 e. The van der Waals surface area contributed by atoms with E-state index >= 15 is 0 Å². The van der Waals surface area contributed by atoms with Gasteiger partial charge in [0.05, 0.1) is 18.4 Å². The van der Waals surface area contributed by atoms with Crippen LogP contribution in [0.4, 0.5) is 4.39 Å². The van der Waals surface area contributed by atoms with E-state index in [-0.39, 0.29) is 11.9 Å². The minimum absolute atomic E-state index is 0.109. The molecule has 0 spiro atoms. The van der Waals surface area contributed by atoms with E-state index in [2.05, 4.69) is 39.4 Å². The van der Waals surface area contributed by atoms with Gasteiger partial charge in [0.15, 0.2) is 5.16 Å². The van der Waals surface area contributed by atoms with Gasteiger partial charge in [-0.1, -0.05) is 54.2 Å². The van der Waals surface area contributed by atoms with Crippen LogP contribution < -0.4 is 0 Å². The molecule has 0 bridgehead atoms. The zero-order valence-electron chi connectivity index (χ0n) is 14.9. The molecule has 1 aliphatic rings. The van der Waals surface area contributed by atoms with E-state index in [1.165, 1.54) is 11.6 Å². The molecule has 27 heavy (non-hydrogen) atoms. The molecule has 1 atom stereocenters. The summed E-state index contributed by atoms with van der Waals surface area (Å²) in [5.41, 5.74) is 1.77. The number of rotatable bonds is 6. The van der Waals surface area contributed by atoms with Gasteiger partial charge in [-0.15, -0.1) is 10.2 Å². The molecule has 0 aliphatic carbocycles. The highest BCUT2D eigenvalue weighted by atomic mass is 32.2. The lowest BCUT2D eigenvalue weighted by atomic mass is 10.2. The quantitative estimate of drug-likeness (QED) is 0.610. The Hall–Kier alpha value is -2.22. The number of hydrogen-bond acceptors (Lipinski definition) is 5. The van der Waals surface area contributed by atoms with E-state index in [1.807, 2.05) is 6.07 Å². The molecule has 7 heteroatoms. The summed E-state index contributed by atoms with van der Waals surface area (Å²) in [4.78, 5) is 2.41. The van der Waals surface area contributed by atoms with Gasteiger partial charge in [-0.05, 0) is 17.7 Å². The first-order valence-electron chi connectivity index (χ1n) is 8.95. The van der Waals surface area contributed by atoms with Crippen molar-refractivity contribution in [2.45, 2.75) is 17.8 Å². The predicted molar refractivity (Wildman–Crippen MR) is 104 cm³/mol. The molecule has 0 amide bonds. The summed E-state index contributed by atoms with van der Waals surface area (Å²) >= 11 is 1.54. The third kappa shape index (κ3) is 4.55. The molecule has 5 nitrogen and oxygen atoms in total. The fourth-order valence-corrected chi connectivity index (χ4v) is 4.10. The van der Waals surface area contributed by atoms with E-state index < -0.39 is 0 Å². The number of morpholine rings is 1. The minimum Gasteiger partial charge on any atom is -0.375 e. The van der Waals surface area contributed by atoms with Crippen LogP contribution in [0.1, 0.15) is 5.56 Å². The molecule has 1 saturated heterocycles. The second-order valence-electron chi connectivity index (χ2n) is 6.46. The molecule has 0 radical (unpaired) electrons. The number of benzene rings is 2. The molecule has 1 aromatic heterocycles. The Balaban J connectivity index is 1.37. The SMILES string of the molecule is Fc1ccccc1-n1cnnc1SC[C@H]1CN(Cc2ccccc2)CCO1. The molecule has 3 aromatic rings. The molecule has 1 aliphatic heterocycles. The second-order valence-corrected chi connectivity index (χ2v) is 7.45. The standard InChI is InChI=1S/C20H21FN4OS/c21-18-8-4-5-9-19(18)25-15-22-23-20(25)27-14-17-13-24(10-11-26-17)12-16-6-2-1-3-7-16/h1-9,15,17H,10-14H2/t17-/m1/s1. The second kappa shape index (κ2) is 8.65. The summed E-state index contributed by atoms with van der Waals surface area (Å²) in [5, 5.41) is 8.76. The van der Waals surface area contributed by atoms with Crippen LogP contribution in [0.25, 0.3) is 5.69 Å². The average molecular weight is 384 g/mol. The molecule has 0 saturated carbocycles. The molecule has 2 aromatic carbocycles. The van der Waals surface area contributed by atoms with Crippen molar-refractivity contribution in [3.8, 4) is 5.69 Å². The third-order valence-corrected chi connectivity index (χ3v) is 5.57. The first-order valence-corrected chi connectivity index (χ1v) is 9.94. The van der Waals surface area contributed by atoms with E-state index in [4.69, 9.17) is 4.74 Å². The highest BCUT2D eigenvalue weighted by Gasteiger charge is 2.22. The van der Waals surface area contributed by atoms with Crippen molar-refractivity contribution < 1.29 is 9.13 Å². The van der Waals surface area contributed by atoms with Crippen LogP contribution in [0.5, 0.6) is 0 Å². The highest BCUT2D eigenvalue weighted by Crippen LogP contribution is 2.23. The normalized spacial score (nSPS) is 17.9. The lowest BCUT2D eigenvalue weighted by Crippen LogP contribution is -2.43. The zero-order chi connectivity index (χ0) is 18.5. The Labute approximate surface area is 162 Å². The molecule has 0 N–H and O–H groups in total. The van der Waals surface area contributed by atoms with Crippen molar-refractivity contribution in [3.63, 3.8) is 0 Å². The maximum Gasteiger partial charge on any atom is 0.195 e. The number of ether oxygens (including phenoxy) is 1. The molecule has 1 fully saturated rings. The number of nitrogens with zero attached hydrogens (tertiary/aromatic N) is 4. The summed E-state index contributed by atoms with van der Waals surface area (Å²) < 4.78 is 21.7. The van der Waals surface area contributed by atoms with Gasteiger partial charge in [-0.2, -0.15) is 0 Å². The summed E-state index contributed by atoms with van der Waals surface area (Å²) in [6.07, 6.45) is 1.66. The predicted octanol–water partition coefficient (Wildman–Crippen LogP) is 3.40. The van der Waals surface area contributed by atoms with Crippen molar-refractivity contribution in [1.82, 2.24) is 19.7 Å². The molecular weight excluding hydrogens is 363 g/mol. The van der Waals surface area contributed by atoms with Crippen LogP contribution in [-0.4, -0.2) is 51.2 Å². The van der Waals surface area contributed by atoms with Crippen LogP contribution in [0, 0.1) is 5.82 Å².